The van der Waals surface area contributed by atoms with E-state index in [4.69, 9.17) is 4.74 Å². The summed E-state index contributed by atoms with van der Waals surface area (Å²) in [4.78, 5) is 17.9. The number of para-hydroxylation sites is 1. The molecule has 4 rings (SSSR count). The van der Waals surface area contributed by atoms with Gasteiger partial charge in [0.2, 0.25) is 0 Å². The number of aromatic amines is 1. The number of nitrogens with one attached hydrogen (secondary N) is 1. The third kappa shape index (κ3) is 4.24. The fourth-order valence-electron chi connectivity index (χ4n) is 4.01. The summed E-state index contributed by atoms with van der Waals surface area (Å²) in [6, 6.07) is 13.6. The summed E-state index contributed by atoms with van der Waals surface area (Å²) in [5.41, 5.74) is 2.02. The number of sulfone groups is 1. The van der Waals surface area contributed by atoms with Gasteiger partial charge in [-0.15, -0.1) is 0 Å². The molecule has 1 aromatic heterocycles. The maximum Gasteiger partial charge on any atom is 0.260 e. The zero-order chi connectivity index (χ0) is 20.4. The molecule has 1 N–H and O–H groups in total. The van der Waals surface area contributed by atoms with Crippen LogP contribution in [0.2, 0.25) is 0 Å². The van der Waals surface area contributed by atoms with Gasteiger partial charge in [0, 0.05) is 34.9 Å². The summed E-state index contributed by atoms with van der Waals surface area (Å²) < 4.78 is 29.5. The van der Waals surface area contributed by atoms with Crippen LogP contribution in [0, 0.1) is 0 Å². The molecule has 0 unspecified atom stereocenters. The zero-order valence-electron chi connectivity index (χ0n) is 16.6. The molecule has 0 bridgehead atoms. The molecule has 6 nitrogen and oxygen atoms in total. The number of benzene rings is 2. The Morgan fingerprint density at radius 2 is 1.97 bits per heavy atom. The predicted molar refractivity (Wildman–Crippen MR) is 115 cm³/mol. The Morgan fingerprint density at radius 1 is 1.17 bits per heavy atom. The van der Waals surface area contributed by atoms with Crippen LogP contribution in [0.25, 0.3) is 21.8 Å². The molecular formula is C22H26N2O4S. The first-order valence-corrected chi connectivity index (χ1v) is 11.9. The minimum absolute atomic E-state index is 0.0590. The van der Waals surface area contributed by atoms with E-state index >= 15 is 0 Å². The van der Waals surface area contributed by atoms with Crippen molar-refractivity contribution in [3.63, 3.8) is 0 Å². The van der Waals surface area contributed by atoms with Gasteiger partial charge in [-0.05, 0) is 31.0 Å². The van der Waals surface area contributed by atoms with Crippen LogP contribution in [0.15, 0.2) is 42.5 Å². The van der Waals surface area contributed by atoms with E-state index in [0.29, 0.717) is 18.7 Å². The fraction of sp³-hybridized carbons (Fsp3) is 0.409. The third-order valence-corrected chi connectivity index (χ3v) is 7.31. The normalized spacial score (nSPS) is 18.3. The maximum atomic E-state index is 12.8. The lowest BCUT2D eigenvalue weighted by molar-refractivity contribution is -0.135. The molecule has 0 radical (unpaired) electrons. The SMILES string of the molecule is CCCCN(C(=O)COc1ccc2c(c1)[nH]c1ccccc12)[C@H]1CCS(=O)(=O)C1. The number of carbonyl (C=O) groups excluding carboxylic acids is 1. The highest BCUT2D eigenvalue weighted by atomic mass is 32.2. The predicted octanol–water partition coefficient (Wildman–Crippen LogP) is 3.52. The van der Waals surface area contributed by atoms with Gasteiger partial charge in [-0.1, -0.05) is 31.5 Å². The average Bonchev–Trinajstić information content (AvgIpc) is 3.25. The lowest BCUT2D eigenvalue weighted by atomic mass is 10.1. The van der Waals surface area contributed by atoms with Crippen LogP contribution in [0.3, 0.4) is 0 Å². The molecule has 3 aromatic rings. The highest BCUT2D eigenvalue weighted by Crippen LogP contribution is 2.28. The number of carbonyl (C=O) groups is 1. The van der Waals surface area contributed by atoms with Crippen molar-refractivity contribution in [2.45, 2.75) is 32.2 Å². The van der Waals surface area contributed by atoms with Gasteiger partial charge in [0.25, 0.3) is 5.91 Å². The lowest BCUT2D eigenvalue weighted by Crippen LogP contribution is -2.44. The van der Waals surface area contributed by atoms with Crippen molar-refractivity contribution >= 4 is 37.6 Å². The van der Waals surface area contributed by atoms with Crippen molar-refractivity contribution in [1.29, 1.82) is 0 Å². The molecule has 0 aliphatic carbocycles. The Kier molecular flexibility index (Phi) is 5.50. The number of hydrogen-bond donors (Lipinski definition) is 1. The van der Waals surface area contributed by atoms with Gasteiger partial charge >= 0.3 is 0 Å². The van der Waals surface area contributed by atoms with Crippen molar-refractivity contribution < 1.29 is 17.9 Å². The molecule has 154 valence electrons. The van der Waals surface area contributed by atoms with E-state index in [1.54, 1.807) is 4.90 Å². The number of aromatic nitrogens is 1. The van der Waals surface area contributed by atoms with Crippen LogP contribution < -0.4 is 4.74 Å². The van der Waals surface area contributed by atoms with E-state index in [0.717, 1.165) is 34.6 Å². The molecule has 0 spiro atoms. The molecule has 7 heteroatoms. The molecular weight excluding hydrogens is 388 g/mol. The molecule has 1 fully saturated rings. The van der Waals surface area contributed by atoms with E-state index in [2.05, 4.69) is 18.0 Å². The second-order valence-corrected chi connectivity index (χ2v) is 9.89. The molecule has 0 saturated carbocycles. The Balaban J connectivity index is 1.47. The quantitative estimate of drug-likeness (QED) is 0.642. The van der Waals surface area contributed by atoms with Crippen molar-refractivity contribution in [2.24, 2.45) is 0 Å². The first-order chi connectivity index (χ1) is 14.0. The standard InChI is InChI=1S/C22H26N2O4S/c1-2-3-11-24(16-10-12-29(26,27)15-16)22(25)14-28-17-8-9-19-18-6-4-5-7-20(18)23-21(19)13-17/h4-9,13,16,23H,2-3,10-12,14-15H2,1H3/t16-/m0/s1. The monoisotopic (exact) mass is 414 g/mol. The molecule has 29 heavy (non-hydrogen) atoms. The summed E-state index contributed by atoms with van der Waals surface area (Å²) in [7, 11) is -3.04. The van der Waals surface area contributed by atoms with Crippen LogP contribution in [-0.2, 0) is 14.6 Å². The van der Waals surface area contributed by atoms with Gasteiger partial charge in [-0.25, -0.2) is 8.42 Å². The number of H-pyrrole nitrogens is 1. The topological polar surface area (TPSA) is 79.5 Å². The molecule has 1 aliphatic heterocycles. The lowest BCUT2D eigenvalue weighted by Gasteiger charge is -2.28. The Morgan fingerprint density at radius 3 is 2.72 bits per heavy atom. The maximum absolute atomic E-state index is 12.8. The van der Waals surface area contributed by atoms with Crippen molar-refractivity contribution in [3.8, 4) is 5.75 Å². The average molecular weight is 415 g/mol. The number of rotatable bonds is 7. The minimum Gasteiger partial charge on any atom is -0.484 e. The van der Waals surface area contributed by atoms with Crippen LogP contribution in [0.1, 0.15) is 26.2 Å². The van der Waals surface area contributed by atoms with Crippen molar-refractivity contribution in [1.82, 2.24) is 9.88 Å². The second kappa shape index (κ2) is 8.06. The molecule has 2 heterocycles. The summed E-state index contributed by atoms with van der Waals surface area (Å²) >= 11 is 0. The number of ether oxygens (including phenoxy) is 1. The summed E-state index contributed by atoms with van der Waals surface area (Å²) in [5, 5.41) is 2.26. The second-order valence-electron chi connectivity index (χ2n) is 7.66. The van der Waals surface area contributed by atoms with Gasteiger partial charge in [-0.3, -0.25) is 4.79 Å². The third-order valence-electron chi connectivity index (χ3n) is 5.56. The summed E-state index contributed by atoms with van der Waals surface area (Å²) in [6.07, 6.45) is 2.31. The number of fused-ring (bicyclic) bond motifs is 3. The fourth-order valence-corrected chi connectivity index (χ4v) is 5.74. The smallest absolute Gasteiger partial charge is 0.260 e. The van der Waals surface area contributed by atoms with Crippen LogP contribution in [-0.4, -0.2) is 54.9 Å². The molecule has 1 saturated heterocycles. The Labute approximate surface area is 170 Å². The Hall–Kier alpha value is -2.54. The molecule has 1 amide bonds. The first-order valence-electron chi connectivity index (χ1n) is 10.1. The van der Waals surface area contributed by atoms with E-state index in [9.17, 15) is 13.2 Å². The van der Waals surface area contributed by atoms with E-state index in [1.807, 2.05) is 36.4 Å². The van der Waals surface area contributed by atoms with Gasteiger partial charge in [-0.2, -0.15) is 0 Å². The van der Waals surface area contributed by atoms with Crippen molar-refractivity contribution in [3.05, 3.63) is 42.5 Å². The highest BCUT2D eigenvalue weighted by Gasteiger charge is 2.34. The molecule has 1 atom stereocenters. The molecule has 2 aromatic carbocycles. The van der Waals surface area contributed by atoms with E-state index < -0.39 is 9.84 Å². The van der Waals surface area contributed by atoms with Gasteiger partial charge in [0.1, 0.15) is 5.75 Å². The number of hydrogen-bond acceptors (Lipinski definition) is 4. The Bertz CT molecular complexity index is 1140. The highest BCUT2D eigenvalue weighted by molar-refractivity contribution is 7.91. The van der Waals surface area contributed by atoms with Crippen LogP contribution in [0.5, 0.6) is 5.75 Å². The summed E-state index contributed by atoms with van der Waals surface area (Å²) in [5.74, 6) is 0.679. The van der Waals surface area contributed by atoms with Gasteiger partial charge in [0.15, 0.2) is 16.4 Å². The van der Waals surface area contributed by atoms with Crippen molar-refractivity contribution in [2.75, 3.05) is 24.7 Å². The van der Waals surface area contributed by atoms with Gasteiger partial charge in [0.05, 0.1) is 17.0 Å². The number of nitrogens with zero attached hydrogens (tertiary/aromatic N) is 1. The zero-order valence-corrected chi connectivity index (χ0v) is 17.4. The largest absolute Gasteiger partial charge is 0.484 e. The van der Waals surface area contributed by atoms with Crippen LogP contribution >= 0.6 is 0 Å². The van der Waals surface area contributed by atoms with E-state index in [1.165, 1.54) is 0 Å². The molecule has 1 aliphatic rings. The number of amides is 1. The van der Waals surface area contributed by atoms with Crippen LogP contribution in [0.4, 0.5) is 0 Å². The minimum atomic E-state index is -3.04. The van der Waals surface area contributed by atoms with E-state index in [-0.39, 0.29) is 30.1 Å². The number of unbranched alkanes of at least 4 members (excludes halogenated alkanes) is 1. The summed E-state index contributed by atoms with van der Waals surface area (Å²) in [6.45, 7) is 2.53. The first kappa shape index (κ1) is 19.8. The van der Waals surface area contributed by atoms with Gasteiger partial charge < -0.3 is 14.6 Å².